The van der Waals surface area contributed by atoms with Crippen molar-refractivity contribution in [2.24, 2.45) is 0 Å². The van der Waals surface area contributed by atoms with Crippen molar-refractivity contribution >= 4 is 11.6 Å². The molecule has 0 unspecified atom stereocenters. The van der Waals surface area contributed by atoms with Gasteiger partial charge in [0.05, 0.1) is 24.0 Å². The van der Waals surface area contributed by atoms with Crippen LogP contribution in [-0.2, 0) is 12.7 Å². The SMILES string of the molecule is FC(F)(F)c1cnn(Cc2cccc(Cl)n2)c1. The van der Waals surface area contributed by atoms with Crippen molar-refractivity contribution in [2.45, 2.75) is 12.7 Å². The predicted octanol–water partition coefficient (Wildman–Crippen LogP) is 3.00. The summed E-state index contributed by atoms with van der Waals surface area (Å²) in [4.78, 5) is 3.96. The summed E-state index contributed by atoms with van der Waals surface area (Å²) in [6, 6.07) is 4.94. The molecule has 0 amide bonds. The average molecular weight is 262 g/mol. The fourth-order valence-corrected chi connectivity index (χ4v) is 1.48. The highest BCUT2D eigenvalue weighted by atomic mass is 35.5. The van der Waals surface area contributed by atoms with Gasteiger partial charge < -0.3 is 0 Å². The van der Waals surface area contributed by atoms with Gasteiger partial charge in [0, 0.05) is 6.20 Å². The lowest BCUT2D eigenvalue weighted by Crippen LogP contribution is -2.04. The van der Waals surface area contributed by atoms with Gasteiger partial charge >= 0.3 is 6.18 Å². The van der Waals surface area contributed by atoms with Crippen molar-refractivity contribution in [1.29, 1.82) is 0 Å². The molecule has 2 rings (SSSR count). The van der Waals surface area contributed by atoms with E-state index in [0.29, 0.717) is 10.8 Å². The van der Waals surface area contributed by atoms with Gasteiger partial charge in [-0.15, -0.1) is 0 Å². The molecule has 0 aliphatic carbocycles. The Morgan fingerprint density at radius 3 is 2.65 bits per heavy atom. The molecule has 0 N–H and O–H groups in total. The van der Waals surface area contributed by atoms with E-state index in [0.717, 1.165) is 12.4 Å². The second kappa shape index (κ2) is 4.37. The van der Waals surface area contributed by atoms with Crippen molar-refractivity contribution < 1.29 is 13.2 Å². The molecule has 7 heteroatoms. The van der Waals surface area contributed by atoms with Crippen LogP contribution < -0.4 is 0 Å². The summed E-state index contributed by atoms with van der Waals surface area (Å²) < 4.78 is 38.1. The number of alkyl halides is 3. The van der Waals surface area contributed by atoms with Gasteiger partial charge in [0.1, 0.15) is 5.15 Å². The maximum absolute atomic E-state index is 12.3. The van der Waals surface area contributed by atoms with Crippen molar-refractivity contribution in [2.75, 3.05) is 0 Å². The first-order valence-corrected chi connectivity index (χ1v) is 5.04. The summed E-state index contributed by atoms with van der Waals surface area (Å²) in [5, 5.41) is 3.92. The molecule has 0 saturated heterocycles. The van der Waals surface area contributed by atoms with Crippen LogP contribution >= 0.6 is 11.6 Å². The van der Waals surface area contributed by atoms with Crippen LogP contribution in [0, 0.1) is 0 Å². The molecule has 0 atom stereocenters. The third kappa shape index (κ3) is 2.97. The highest BCUT2D eigenvalue weighted by molar-refractivity contribution is 6.29. The zero-order chi connectivity index (χ0) is 12.5. The van der Waals surface area contributed by atoms with Crippen LogP contribution in [0.1, 0.15) is 11.3 Å². The van der Waals surface area contributed by atoms with Crippen LogP contribution in [0.15, 0.2) is 30.6 Å². The van der Waals surface area contributed by atoms with Gasteiger partial charge in [-0.2, -0.15) is 18.3 Å². The smallest absolute Gasteiger partial charge is 0.266 e. The second-order valence-electron chi connectivity index (χ2n) is 3.38. The minimum Gasteiger partial charge on any atom is -0.266 e. The monoisotopic (exact) mass is 261 g/mol. The van der Waals surface area contributed by atoms with E-state index in [9.17, 15) is 13.2 Å². The second-order valence-corrected chi connectivity index (χ2v) is 3.76. The Labute approximate surface area is 99.8 Å². The number of rotatable bonds is 2. The molecule has 0 aliphatic rings. The summed E-state index contributed by atoms with van der Waals surface area (Å²) >= 11 is 5.67. The molecule has 17 heavy (non-hydrogen) atoms. The number of nitrogens with zero attached hydrogens (tertiary/aromatic N) is 3. The van der Waals surface area contributed by atoms with E-state index >= 15 is 0 Å². The number of hydrogen-bond donors (Lipinski definition) is 0. The molecule has 0 fully saturated rings. The van der Waals surface area contributed by atoms with Gasteiger partial charge in [0.2, 0.25) is 0 Å². The summed E-state index contributed by atoms with van der Waals surface area (Å²) in [5.41, 5.74) is -0.228. The van der Waals surface area contributed by atoms with Crippen LogP contribution in [0.5, 0.6) is 0 Å². The first-order chi connectivity index (χ1) is 7.95. The lowest BCUT2D eigenvalue weighted by molar-refractivity contribution is -0.137. The van der Waals surface area contributed by atoms with E-state index in [1.807, 2.05) is 0 Å². The normalized spacial score (nSPS) is 11.8. The van der Waals surface area contributed by atoms with Gasteiger partial charge in [-0.25, -0.2) is 4.98 Å². The van der Waals surface area contributed by atoms with E-state index in [1.54, 1.807) is 18.2 Å². The molecular weight excluding hydrogens is 255 g/mol. The lowest BCUT2D eigenvalue weighted by atomic mass is 10.3. The Kier molecular flexibility index (Phi) is 3.06. The fourth-order valence-electron chi connectivity index (χ4n) is 1.30. The lowest BCUT2D eigenvalue weighted by Gasteiger charge is -2.02. The van der Waals surface area contributed by atoms with Gasteiger partial charge in [0.25, 0.3) is 0 Å². The Balaban J connectivity index is 2.17. The molecule has 90 valence electrons. The largest absolute Gasteiger partial charge is 0.419 e. The minimum atomic E-state index is -4.37. The predicted molar refractivity (Wildman–Crippen MR) is 55.6 cm³/mol. The first-order valence-electron chi connectivity index (χ1n) is 4.66. The molecule has 2 aromatic heterocycles. The number of aromatic nitrogens is 3. The van der Waals surface area contributed by atoms with Crippen LogP contribution in [0.25, 0.3) is 0 Å². The molecule has 0 spiro atoms. The topological polar surface area (TPSA) is 30.7 Å². The Morgan fingerprint density at radius 2 is 2.06 bits per heavy atom. The summed E-state index contributed by atoms with van der Waals surface area (Å²) in [6.07, 6.45) is -2.66. The number of pyridine rings is 1. The quantitative estimate of drug-likeness (QED) is 0.778. The Hall–Kier alpha value is -1.56. The van der Waals surface area contributed by atoms with Gasteiger partial charge in [-0.3, -0.25) is 4.68 Å². The van der Waals surface area contributed by atoms with Crippen LogP contribution in [-0.4, -0.2) is 14.8 Å². The van der Waals surface area contributed by atoms with Crippen LogP contribution in [0.4, 0.5) is 13.2 Å². The molecule has 0 aliphatic heterocycles. The standard InChI is InChI=1S/C10H7ClF3N3/c11-9-3-1-2-8(16-9)6-17-5-7(4-15-17)10(12,13)14/h1-5H,6H2. The minimum absolute atomic E-state index is 0.149. The highest BCUT2D eigenvalue weighted by Crippen LogP contribution is 2.28. The third-order valence-electron chi connectivity index (χ3n) is 2.06. The maximum Gasteiger partial charge on any atom is 0.419 e. The van der Waals surface area contributed by atoms with E-state index < -0.39 is 11.7 Å². The third-order valence-corrected chi connectivity index (χ3v) is 2.27. The zero-order valence-corrected chi connectivity index (χ0v) is 9.20. The maximum atomic E-state index is 12.3. The van der Waals surface area contributed by atoms with Crippen LogP contribution in [0.3, 0.4) is 0 Å². The van der Waals surface area contributed by atoms with E-state index in [4.69, 9.17) is 11.6 Å². The molecule has 2 aromatic rings. The fraction of sp³-hybridized carbons (Fsp3) is 0.200. The van der Waals surface area contributed by atoms with E-state index in [2.05, 4.69) is 10.1 Å². The highest BCUT2D eigenvalue weighted by Gasteiger charge is 2.32. The molecule has 0 bridgehead atoms. The van der Waals surface area contributed by atoms with E-state index in [-0.39, 0.29) is 6.54 Å². The van der Waals surface area contributed by atoms with Crippen molar-refractivity contribution in [1.82, 2.24) is 14.8 Å². The van der Waals surface area contributed by atoms with E-state index in [1.165, 1.54) is 4.68 Å². The first kappa shape index (κ1) is 11.9. The molecule has 0 aromatic carbocycles. The molecule has 0 saturated carbocycles. The number of halogens is 4. The van der Waals surface area contributed by atoms with Gasteiger partial charge in [-0.05, 0) is 12.1 Å². The van der Waals surface area contributed by atoms with Crippen molar-refractivity contribution in [3.63, 3.8) is 0 Å². The summed E-state index contributed by atoms with van der Waals surface area (Å²) in [7, 11) is 0. The Morgan fingerprint density at radius 1 is 1.29 bits per heavy atom. The summed E-state index contributed by atoms with van der Waals surface area (Å²) in [6.45, 7) is 0.149. The average Bonchev–Trinajstić information content (AvgIpc) is 2.65. The van der Waals surface area contributed by atoms with Gasteiger partial charge in [0.15, 0.2) is 0 Å². The van der Waals surface area contributed by atoms with Gasteiger partial charge in [-0.1, -0.05) is 17.7 Å². The summed E-state index contributed by atoms with van der Waals surface area (Å²) in [5.74, 6) is 0. The Bertz CT molecular complexity index is 522. The molecular formula is C10H7ClF3N3. The molecule has 0 radical (unpaired) electrons. The molecule has 2 heterocycles. The van der Waals surface area contributed by atoms with Crippen molar-refractivity contribution in [3.05, 3.63) is 47.0 Å². The van der Waals surface area contributed by atoms with Crippen LogP contribution in [0.2, 0.25) is 5.15 Å². The zero-order valence-electron chi connectivity index (χ0n) is 8.45. The molecule has 3 nitrogen and oxygen atoms in total. The van der Waals surface area contributed by atoms with Crippen molar-refractivity contribution in [3.8, 4) is 0 Å². The number of hydrogen-bond acceptors (Lipinski definition) is 2.